The number of hydrogen-bond donors (Lipinski definition) is 3. The fourth-order valence-corrected chi connectivity index (χ4v) is 5.23. The molecule has 1 aliphatic rings. The van der Waals surface area contributed by atoms with Crippen molar-refractivity contribution in [2.24, 2.45) is 0 Å². The number of nitrogens with one attached hydrogen (secondary N) is 3. The smallest absolute Gasteiger partial charge is 0.407 e. The van der Waals surface area contributed by atoms with E-state index in [0.29, 0.717) is 23.8 Å². The number of halogens is 1. The number of aromatic nitrogens is 1. The topological polar surface area (TPSA) is 98.8 Å². The summed E-state index contributed by atoms with van der Waals surface area (Å²) in [7, 11) is 0. The average molecular weight is 581 g/mol. The first-order chi connectivity index (χ1) is 19.9. The summed E-state index contributed by atoms with van der Waals surface area (Å²) in [5, 5.41) is 10.9. The fourth-order valence-electron chi connectivity index (χ4n) is 5.06. The summed E-state index contributed by atoms with van der Waals surface area (Å²) in [6.45, 7) is 10.0. The Bertz CT molecular complexity index is 1310. The molecule has 0 aliphatic carbocycles. The van der Waals surface area contributed by atoms with Crippen LogP contribution in [0, 0.1) is 0 Å². The third kappa shape index (κ3) is 9.59. The van der Waals surface area contributed by atoms with Crippen molar-refractivity contribution in [3.8, 4) is 0 Å². The second-order valence-corrected chi connectivity index (χ2v) is 10.8. The van der Waals surface area contributed by atoms with Crippen LogP contribution in [-0.2, 0) is 16.1 Å². The molecule has 0 spiro atoms. The van der Waals surface area contributed by atoms with Crippen molar-refractivity contribution in [2.75, 3.05) is 56.4 Å². The molecule has 3 N–H and O–H groups in total. The van der Waals surface area contributed by atoms with Crippen LogP contribution in [0.4, 0.5) is 21.9 Å². The van der Waals surface area contributed by atoms with Crippen LogP contribution in [0.5, 0.6) is 0 Å². The summed E-state index contributed by atoms with van der Waals surface area (Å²) in [6, 6.07) is 13.1. The molecule has 3 aromatic rings. The van der Waals surface area contributed by atoms with Crippen molar-refractivity contribution in [2.45, 2.75) is 46.1 Å². The number of alkyl carbamates (subject to hydrolysis) is 1. The van der Waals surface area contributed by atoms with Gasteiger partial charge in [-0.05, 0) is 100 Å². The van der Waals surface area contributed by atoms with E-state index in [4.69, 9.17) is 16.3 Å². The van der Waals surface area contributed by atoms with Gasteiger partial charge in [0.25, 0.3) is 0 Å². The predicted octanol–water partition coefficient (Wildman–Crippen LogP) is 6.01. The number of benzene rings is 2. The molecule has 1 aromatic heterocycles. The number of hydrogen-bond acceptors (Lipinski definition) is 7. The molecule has 0 radical (unpaired) electrons. The molecule has 2 aromatic carbocycles. The zero-order valence-electron chi connectivity index (χ0n) is 24.0. The molecule has 0 saturated carbocycles. The number of anilines is 3. The lowest BCUT2D eigenvalue weighted by atomic mass is 10.1. The van der Waals surface area contributed by atoms with Crippen molar-refractivity contribution in [1.29, 1.82) is 0 Å². The number of fused-ring (bicyclic) bond motifs is 1. The normalized spacial score (nSPS) is 13.8. The van der Waals surface area contributed by atoms with E-state index >= 15 is 0 Å². The fraction of sp³-hybridized carbons (Fsp3) is 0.452. The number of pyridine rings is 1. The van der Waals surface area contributed by atoms with Gasteiger partial charge in [-0.25, -0.2) is 4.79 Å². The molecule has 2 heterocycles. The van der Waals surface area contributed by atoms with E-state index in [0.717, 1.165) is 79.8 Å². The van der Waals surface area contributed by atoms with E-state index in [1.807, 2.05) is 42.5 Å². The van der Waals surface area contributed by atoms with Crippen LogP contribution in [0.3, 0.4) is 0 Å². The number of carbonyl (C=O) groups is 2. The molecule has 1 fully saturated rings. The van der Waals surface area contributed by atoms with Crippen LogP contribution in [0.1, 0.15) is 45.1 Å². The Morgan fingerprint density at radius 2 is 1.80 bits per heavy atom. The highest BCUT2D eigenvalue weighted by Gasteiger charge is 2.15. The maximum absolute atomic E-state index is 12.9. The van der Waals surface area contributed by atoms with Gasteiger partial charge in [0.2, 0.25) is 5.91 Å². The van der Waals surface area contributed by atoms with Gasteiger partial charge in [-0.3, -0.25) is 14.7 Å². The van der Waals surface area contributed by atoms with Crippen LogP contribution < -0.4 is 16.0 Å². The molecule has 1 saturated heterocycles. The lowest BCUT2D eigenvalue weighted by molar-refractivity contribution is -0.117. The van der Waals surface area contributed by atoms with Gasteiger partial charge < -0.3 is 25.6 Å². The van der Waals surface area contributed by atoms with E-state index in [1.54, 1.807) is 6.20 Å². The van der Waals surface area contributed by atoms with Gasteiger partial charge in [-0.2, -0.15) is 0 Å². The van der Waals surface area contributed by atoms with Crippen LogP contribution >= 0.6 is 11.6 Å². The van der Waals surface area contributed by atoms with Crippen LogP contribution in [-0.4, -0.2) is 72.6 Å². The summed E-state index contributed by atoms with van der Waals surface area (Å²) in [5.74, 6) is -0.0640. The van der Waals surface area contributed by atoms with E-state index in [9.17, 15) is 9.59 Å². The van der Waals surface area contributed by atoms with Crippen molar-refractivity contribution < 1.29 is 14.3 Å². The van der Waals surface area contributed by atoms with Gasteiger partial charge in [-0.1, -0.05) is 31.9 Å². The van der Waals surface area contributed by atoms with Crippen molar-refractivity contribution in [3.63, 3.8) is 0 Å². The Morgan fingerprint density at radius 1 is 1.02 bits per heavy atom. The van der Waals surface area contributed by atoms with Crippen LogP contribution in [0.2, 0.25) is 5.02 Å². The first kappa shape index (κ1) is 30.6. The number of rotatable bonds is 13. The Morgan fingerprint density at radius 3 is 2.59 bits per heavy atom. The molecule has 2 amide bonds. The van der Waals surface area contributed by atoms with Gasteiger partial charge in [0.05, 0.1) is 12.1 Å². The number of nitrogens with zero attached hydrogens (tertiary/aromatic N) is 3. The molecule has 0 unspecified atom stereocenters. The van der Waals surface area contributed by atoms with Crippen LogP contribution in [0.15, 0.2) is 48.7 Å². The second-order valence-electron chi connectivity index (χ2n) is 10.3. The van der Waals surface area contributed by atoms with Gasteiger partial charge in [0.15, 0.2) is 0 Å². The standard InChI is InChI=1S/C31H41ClN6O3/c1-3-37(4-2)16-8-12-34-31(40)41-22-23-17-25(35-28-11-13-33-29-19-24(32)9-10-27(28)29)20-26(18-23)36-30(39)21-38-14-6-5-7-15-38/h9-11,13,17-20H,3-8,12,14-16,21-22H2,1-2H3,(H,33,35)(H,34,40)(H,36,39). The monoisotopic (exact) mass is 580 g/mol. The summed E-state index contributed by atoms with van der Waals surface area (Å²) in [4.78, 5) is 34.2. The Hall–Kier alpha value is -3.40. The molecule has 0 bridgehead atoms. The van der Waals surface area contributed by atoms with Gasteiger partial charge in [0.1, 0.15) is 6.61 Å². The van der Waals surface area contributed by atoms with E-state index < -0.39 is 6.09 Å². The highest BCUT2D eigenvalue weighted by Crippen LogP contribution is 2.29. The Kier molecular flexibility index (Phi) is 11.6. The Labute approximate surface area is 247 Å². The predicted molar refractivity (Wildman–Crippen MR) is 166 cm³/mol. The minimum atomic E-state index is -0.462. The molecule has 1 aliphatic heterocycles. The quantitative estimate of drug-likeness (QED) is 0.213. The SMILES string of the molecule is CCN(CC)CCCNC(=O)OCc1cc(NC(=O)CN2CCCCC2)cc(Nc2ccnc3cc(Cl)ccc23)c1. The average Bonchev–Trinajstić information content (AvgIpc) is 2.96. The van der Waals surface area contributed by atoms with Gasteiger partial charge in [-0.15, -0.1) is 0 Å². The molecular formula is C31H41ClN6O3. The van der Waals surface area contributed by atoms with Gasteiger partial charge in [0, 0.05) is 40.2 Å². The number of carbonyl (C=O) groups excluding carboxylic acids is 2. The number of amides is 2. The zero-order valence-corrected chi connectivity index (χ0v) is 24.8. The molecule has 220 valence electrons. The maximum atomic E-state index is 12.9. The molecule has 41 heavy (non-hydrogen) atoms. The number of piperidine rings is 1. The Balaban J connectivity index is 1.45. The van der Waals surface area contributed by atoms with Crippen molar-refractivity contribution in [3.05, 3.63) is 59.2 Å². The summed E-state index contributed by atoms with van der Waals surface area (Å²) in [5.41, 5.74) is 3.76. The third-order valence-electron chi connectivity index (χ3n) is 7.26. The number of likely N-dealkylation sites (tertiary alicyclic amines) is 1. The first-order valence-electron chi connectivity index (χ1n) is 14.5. The molecule has 0 atom stereocenters. The molecule has 9 nitrogen and oxygen atoms in total. The molecular weight excluding hydrogens is 540 g/mol. The highest BCUT2D eigenvalue weighted by molar-refractivity contribution is 6.31. The van der Waals surface area contributed by atoms with E-state index in [-0.39, 0.29) is 12.5 Å². The summed E-state index contributed by atoms with van der Waals surface area (Å²) in [6.07, 6.45) is 5.58. The highest BCUT2D eigenvalue weighted by atomic mass is 35.5. The zero-order chi connectivity index (χ0) is 29.0. The minimum absolute atomic E-state index is 0.0640. The first-order valence-corrected chi connectivity index (χ1v) is 14.9. The number of ether oxygens (including phenoxy) is 1. The third-order valence-corrected chi connectivity index (χ3v) is 7.50. The van der Waals surface area contributed by atoms with Crippen molar-refractivity contribution >= 4 is 51.6 Å². The molecule has 10 heteroatoms. The minimum Gasteiger partial charge on any atom is -0.445 e. The largest absolute Gasteiger partial charge is 0.445 e. The lowest BCUT2D eigenvalue weighted by Crippen LogP contribution is -2.36. The van der Waals surface area contributed by atoms with E-state index in [1.165, 1.54) is 6.42 Å². The maximum Gasteiger partial charge on any atom is 0.407 e. The van der Waals surface area contributed by atoms with E-state index in [2.05, 4.69) is 44.6 Å². The molecule has 4 rings (SSSR count). The van der Waals surface area contributed by atoms with Crippen molar-refractivity contribution in [1.82, 2.24) is 20.1 Å². The summed E-state index contributed by atoms with van der Waals surface area (Å²) >= 11 is 6.17. The summed E-state index contributed by atoms with van der Waals surface area (Å²) < 4.78 is 5.52. The second kappa shape index (κ2) is 15.6. The van der Waals surface area contributed by atoms with Crippen LogP contribution in [0.25, 0.3) is 10.9 Å². The van der Waals surface area contributed by atoms with Gasteiger partial charge >= 0.3 is 6.09 Å². The lowest BCUT2D eigenvalue weighted by Gasteiger charge is -2.25.